The van der Waals surface area contributed by atoms with Crippen molar-refractivity contribution in [1.29, 1.82) is 0 Å². The van der Waals surface area contributed by atoms with Crippen molar-refractivity contribution in [2.24, 2.45) is 0 Å². The Kier molecular flexibility index (Phi) is 2.47. The summed E-state index contributed by atoms with van der Waals surface area (Å²) < 4.78 is 10.5. The van der Waals surface area contributed by atoms with Gasteiger partial charge in [-0.05, 0) is 11.6 Å². The first kappa shape index (κ1) is 9.19. The Bertz CT molecular complexity index is 305. The van der Waals surface area contributed by atoms with Gasteiger partial charge in [0.1, 0.15) is 5.82 Å². The molecule has 1 aromatic rings. The lowest BCUT2D eigenvalue weighted by molar-refractivity contribution is 0.371. The van der Waals surface area contributed by atoms with Crippen molar-refractivity contribution in [3.63, 3.8) is 0 Å². The maximum Gasteiger partial charge on any atom is 0.329 e. The third-order valence-electron chi connectivity index (χ3n) is 1.24. The van der Waals surface area contributed by atoms with E-state index in [0.717, 1.165) is 0 Å². The number of nitrogens with zero attached hydrogens (tertiary/aromatic N) is 1. The summed E-state index contributed by atoms with van der Waals surface area (Å²) in [4.78, 5) is 20.9. The van der Waals surface area contributed by atoms with Crippen LogP contribution < -0.4 is 5.73 Å². The van der Waals surface area contributed by atoms with E-state index in [1.807, 2.05) is 0 Å². The van der Waals surface area contributed by atoms with E-state index in [4.69, 9.17) is 15.5 Å². The minimum absolute atomic E-state index is 0.291. The van der Waals surface area contributed by atoms with E-state index >= 15 is 0 Å². The lowest BCUT2D eigenvalue weighted by Gasteiger charge is -2.02. The molecule has 0 aromatic carbocycles. The molecule has 1 heterocycles. The highest BCUT2D eigenvalue weighted by Crippen LogP contribution is 2.38. The van der Waals surface area contributed by atoms with Crippen molar-refractivity contribution < 1.29 is 14.4 Å². The van der Waals surface area contributed by atoms with E-state index in [0.29, 0.717) is 11.4 Å². The standard InChI is InChI=1S/C6H9N2O3P/c7-6-2-1-5(3-8-6)4-12(9,10)11/h1-3H,4H2,(H2,7,8)(H2,9,10,11). The quantitative estimate of drug-likeness (QED) is 0.581. The van der Waals surface area contributed by atoms with Gasteiger partial charge in [-0.3, -0.25) is 4.57 Å². The molecule has 0 saturated heterocycles. The molecule has 0 bridgehead atoms. The number of aromatic nitrogens is 1. The molecule has 0 fully saturated rings. The van der Waals surface area contributed by atoms with Crippen LogP contribution in [0.25, 0.3) is 0 Å². The Labute approximate surface area is 69.4 Å². The molecule has 0 aliphatic heterocycles. The van der Waals surface area contributed by atoms with Crippen molar-refractivity contribution in [3.05, 3.63) is 23.9 Å². The van der Waals surface area contributed by atoms with Crippen LogP contribution in [0.4, 0.5) is 5.82 Å². The Balaban J connectivity index is 2.78. The molecule has 0 radical (unpaired) electrons. The van der Waals surface area contributed by atoms with Crippen LogP contribution in [0.15, 0.2) is 18.3 Å². The van der Waals surface area contributed by atoms with Crippen molar-refractivity contribution in [1.82, 2.24) is 4.98 Å². The number of pyridine rings is 1. The molecular formula is C6H9N2O3P. The van der Waals surface area contributed by atoms with E-state index in [1.165, 1.54) is 12.3 Å². The van der Waals surface area contributed by atoms with E-state index in [2.05, 4.69) is 4.98 Å². The fraction of sp³-hybridized carbons (Fsp3) is 0.167. The monoisotopic (exact) mass is 188 g/mol. The van der Waals surface area contributed by atoms with Gasteiger partial charge in [0.05, 0.1) is 6.16 Å². The second-order valence-corrected chi connectivity index (χ2v) is 4.06. The van der Waals surface area contributed by atoms with Gasteiger partial charge in [-0.25, -0.2) is 4.98 Å². The number of nitrogens with two attached hydrogens (primary N) is 1. The first-order chi connectivity index (χ1) is 5.47. The summed E-state index contributed by atoms with van der Waals surface area (Å²) in [6, 6.07) is 3.05. The van der Waals surface area contributed by atoms with Crippen LogP contribution >= 0.6 is 7.60 Å². The molecule has 0 saturated carbocycles. The predicted molar refractivity (Wildman–Crippen MR) is 44.4 cm³/mol. The third-order valence-corrected chi connectivity index (χ3v) is 2.01. The van der Waals surface area contributed by atoms with E-state index in [-0.39, 0.29) is 6.16 Å². The van der Waals surface area contributed by atoms with Gasteiger partial charge in [0.2, 0.25) is 0 Å². The fourth-order valence-corrected chi connectivity index (χ4v) is 1.43. The zero-order valence-corrected chi connectivity index (χ0v) is 7.11. The Morgan fingerprint density at radius 1 is 1.50 bits per heavy atom. The van der Waals surface area contributed by atoms with Gasteiger partial charge in [-0.1, -0.05) is 6.07 Å². The summed E-state index contributed by atoms with van der Waals surface area (Å²) in [6.45, 7) is 0. The minimum Gasteiger partial charge on any atom is -0.384 e. The number of hydrogen-bond acceptors (Lipinski definition) is 3. The molecule has 5 nitrogen and oxygen atoms in total. The highest BCUT2D eigenvalue weighted by atomic mass is 31.2. The average Bonchev–Trinajstić information content (AvgIpc) is 1.91. The molecule has 6 heteroatoms. The third kappa shape index (κ3) is 3.00. The topological polar surface area (TPSA) is 96.4 Å². The zero-order chi connectivity index (χ0) is 9.19. The molecular weight excluding hydrogens is 179 g/mol. The van der Waals surface area contributed by atoms with Gasteiger partial charge < -0.3 is 15.5 Å². The van der Waals surface area contributed by atoms with Crippen LogP contribution in [0.2, 0.25) is 0 Å². The lowest BCUT2D eigenvalue weighted by atomic mass is 10.3. The van der Waals surface area contributed by atoms with Gasteiger partial charge in [0, 0.05) is 6.20 Å². The molecule has 66 valence electrons. The Hall–Kier alpha value is -0.900. The largest absolute Gasteiger partial charge is 0.384 e. The Morgan fingerprint density at radius 2 is 2.17 bits per heavy atom. The highest BCUT2D eigenvalue weighted by molar-refractivity contribution is 7.50. The van der Waals surface area contributed by atoms with E-state index in [1.54, 1.807) is 6.07 Å². The second-order valence-electron chi connectivity index (χ2n) is 2.41. The van der Waals surface area contributed by atoms with Crippen molar-refractivity contribution in [2.75, 3.05) is 5.73 Å². The lowest BCUT2D eigenvalue weighted by Crippen LogP contribution is -1.92. The zero-order valence-electron chi connectivity index (χ0n) is 6.21. The van der Waals surface area contributed by atoms with E-state index < -0.39 is 7.60 Å². The van der Waals surface area contributed by atoms with E-state index in [9.17, 15) is 4.57 Å². The molecule has 0 aliphatic rings. The highest BCUT2D eigenvalue weighted by Gasteiger charge is 2.13. The molecule has 0 aliphatic carbocycles. The second kappa shape index (κ2) is 3.23. The van der Waals surface area contributed by atoms with Gasteiger partial charge >= 0.3 is 7.60 Å². The van der Waals surface area contributed by atoms with Crippen molar-refractivity contribution in [2.45, 2.75) is 6.16 Å². The van der Waals surface area contributed by atoms with Crippen molar-refractivity contribution in [3.8, 4) is 0 Å². The molecule has 0 amide bonds. The molecule has 0 spiro atoms. The SMILES string of the molecule is Nc1ccc(CP(=O)(O)O)cn1. The molecule has 0 unspecified atom stereocenters. The average molecular weight is 188 g/mol. The number of anilines is 1. The van der Waals surface area contributed by atoms with Crippen LogP contribution in [0, 0.1) is 0 Å². The maximum atomic E-state index is 10.5. The molecule has 0 atom stereocenters. The summed E-state index contributed by atoms with van der Waals surface area (Å²) in [6.07, 6.45) is 1.06. The summed E-state index contributed by atoms with van der Waals surface area (Å²) in [5.74, 6) is 0.337. The van der Waals surface area contributed by atoms with Crippen molar-refractivity contribution >= 4 is 13.4 Å². The van der Waals surface area contributed by atoms with Gasteiger partial charge in [-0.15, -0.1) is 0 Å². The number of rotatable bonds is 2. The van der Waals surface area contributed by atoms with Crippen LogP contribution in [0.3, 0.4) is 0 Å². The van der Waals surface area contributed by atoms with Crippen LogP contribution in [0.1, 0.15) is 5.56 Å². The van der Waals surface area contributed by atoms with Crippen LogP contribution in [0.5, 0.6) is 0 Å². The maximum absolute atomic E-state index is 10.5. The predicted octanol–water partition coefficient (Wildman–Crippen LogP) is 0.342. The first-order valence-electron chi connectivity index (χ1n) is 3.22. The minimum atomic E-state index is -3.98. The summed E-state index contributed by atoms with van der Waals surface area (Å²) in [7, 11) is -3.98. The van der Waals surface area contributed by atoms with Crippen LogP contribution in [-0.4, -0.2) is 14.8 Å². The molecule has 1 rings (SSSR count). The molecule has 12 heavy (non-hydrogen) atoms. The number of hydrogen-bond donors (Lipinski definition) is 3. The summed E-state index contributed by atoms with van der Waals surface area (Å²) in [5, 5.41) is 0. The van der Waals surface area contributed by atoms with Gasteiger partial charge in [-0.2, -0.15) is 0 Å². The number of nitrogen functional groups attached to an aromatic ring is 1. The fourth-order valence-electron chi connectivity index (χ4n) is 0.767. The normalized spacial score (nSPS) is 11.5. The van der Waals surface area contributed by atoms with Gasteiger partial charge in [0.15, 0.2) is 0 Å². The molecule has 4 N–H and O–H groups in total. The van der Waals surface area contributed by atoms with Crippen LogP contribution in [-0.2, 0) is 10.7 Å². The van der Waals surface area contributed by atoms with Gasteiger partial charge in [0.25, 0.3) is 0 Å². The molecule has 1 aromatic heterocycles. The Morgan fingerprint density at radius 3 is 2.58 bits per heavy atom. The smallest absolute Gasteiger partial charge is 0.329 e. The first-order valence-corrected chi connectivity index (χ1v) is 5.02. The summed E-state index contributed by atoms with van der Waals surface area (Å²) in [5.41, 5.74) is 5.77. The summed E-state index contributed by atoms with van der Waals surface area (Å²) >= 11 is 0.